The van der Waals surface area contributed by atoms with Crippen LogP contribution in [0.3, 0.4) is 0 Å². The summed E-state index contributed by atoms with van der Waals surface area (Å²) in [5.41, 5.74) is 1.39. The third-order valence-corrected chi connectivity index (χ3v) is 7.52. The second-order valence-corrected chi connectivity index (χ2v) is 9.33. The highest BCUT2D eigenvalue weighted by Crippen LogP contribution is 2.63. The third-order valence-electron chi connectivity index (χ3n) is 6.63. The van der Waals surface area contributed by atoms with E-state index in [2.05, 4.69) is 46.2 Å². The third kappa shape index (κ3) is 3.88. The molecular weight excluding hydrogens is 443 g/mol. The lowest BCUT2D eigenvalue weighted by Crippen LogP contribution is -2.51. The molecule has 0 aliphatic heterocycles. The van der Waals surface area contributed by atoms with Crippen molar-refractivity contribution in [3.05, 3.63) is 11.6 Å². The number of carbonyl (C=O) groups excluding carboxylic acids is 2. The van der Waals surface area contributed by atoms with Crippen LogP contribution in [-0.4, -0.2) is 11.6 Å². The average Bonchev–Trinajstić information content (AvgIpc) is 2.62. The smallest absolute Gasteiger partial charge is 0.155 e. The van der Waals surface area contributed by atoms with Crippen molar-refractivity contribution >= 4 is 41.7 Å². The van der Waals surface area contributed by atoms with E-state index in [9.17, 15) is 9.59 Å². The van der Waals surface area contributed by atoms with Crippen molar-refractivity contribution in [3.8, 4) is 11.2 Å². The molecule has 0 bridgehead atoms. The van der Waals surface area contributed by atoms with Gasteiger partial charge in [-0.15, -0.1) is 0 Å². The molecule has 4 atom stereocenters. The predicted octanol–water partition coefficient (Wildman–Crippen LogP) is 6.14. The normalized spacial score (nSPS) is 36.8. The van der Waals surface area contributed by atoms with Crippen molar-refractivity contribution in [1.29, 1.82) is 0 Å². The number of halogens is 1. The second-order valence-electron chi connectivity index (χ2n) is 7.66. The molecule has 25 heavy (non-hydrogen) atoms. The van der Waals surface area contributed by atoms with Gasteiger partial charge in [-0.3, -0.25) is 9.59 Å². The highest BCUT2D eigenvalue weighted by atomic mass is 127. The molecule has 0 aromatic heterocycles. The van der Waals surface area contributed by atoms with Gasteiger partial charge in [0, 0.05) is 51.8 Å². The molecule has 0 amide bonds. The maximum Gasteiger partial charge on any atom is 0.155 e. The Bertz CT molecular complexity index is 630. The highest BCUT2D eigenvalue weighted by Gasteiger charge is 2.56. The summed E-state index contributed by atoms with van der Waals surface area (Å²) in [7, 11) is 1.53. The Kier molecular flexibility index (Phi) is 7.24. The highest BCUT2D eigenvalue weighted by molar-refractivity contribution is 14.2. The van der Waals surface area contributed by atoms with Gasteiger partial charge < -0.3 is 0 Å². The fourth-order valence-electron chi connectivity index (χ4n) is 5.33. The summed E-state index contributed by atoms with van der Waals surface area (Å²) in [6.07, 6.45) is 8.10. The van der Waals surface area contributed by atoms with Gasteiger partial charge in [-0.2, -0.15) is 0 Å². The van der Waals surface area contributed by atoms with Gasteiger partial charge in [-0.1, -0.05) is 39.2 Å². The van der Waals surface area contributed by atoms with E-state index in [0.717, 1.165) is 32.1 Å². The molecule has 0 aromatic rings. The molecule has 3 aliphatic rings. The van der Waals surface area contributed by atoms with Crippen LogP contribution in [0.1, 0.15) is 72.6 Å². The zero-order chi connectivity index (χ0) is 18.7. The number of fused-ring (bicyclic) bond motifs is 3. The van der Waals surface area contributed by atoms with Crippen LogP contribution in [0, 0.1) is 33.8 Å². The van der Waals surface area contributed by atoms with E-state index in [1.807, 2.05) is 19.9 Å². The molecule has 4 unspecified atom stereocenters. The number of ketones is 2. The molecule has 2 nitrogen and oxygen atoms in total. The fraction of sp³-hybridized carbons (Fsp3) is 0.714. The zero-order valence-electron chi connectivity index (χ0n) is 15.8. The SMILES string of the molecule is CC.CC1C(=O)CCC2(C)C3=CC(=O)CCC3(CC#CSI)CCC12. The number of Topliss-reactive ketones (excluding diaryl/α,β-unsaturated/α-hetero) is 1. The van der Waals surface area contributed by atoms with Crippen molar-refractivity contribution in [2.24, 2.45) is 22.7 Å². The van der Waals surface area contributed by atoms with E-state index in [0.29, 0.717) is 24.5 Å². The standard InChI is InChI=1S/C19H23IO2S.C2H6/c1-13-15-5-10-19(7-3-11-23-20)9-4-14(21)12-17(19)18(15,2)8-6-16(13)22;1-2/h12-13,15H,4-10H2,1-2H3;1-2H3. The van der Waals surface area contributed by atoms with Crippen LogP contribution in [0.5, 0.6) is 0 Å². The van der Waals surface area contributed by atoms with Crippen LogP contribution in [0.4, 0.5) is 0 Å². The molecule has 4 heteroatoms. The maximum absolute atomic E-state index is 12.2. The minimum absolute atomic E-state index is 0.000798. The van der Waals surface area contributed by atoms with Gasteiger partial charge in [0.25, 0.3) is 0 Å². The van der Waals surface area contributed by atoms with Gasteiger partial charge in [-0.05, 0) is 57.3 Å². The predicted molar refractivity (Wildman–Crippen MR) is 114 cm³/mol. The Balaban J connectivity index is 0.00000109. The first-order valence-corrected chi connectivity index (χ1v) is 12.8. The lowest BCUT2D eigenvalue weighted by molar-refractivity contribution is -0.132. The second kappa shape index (κ2) is 8.61. The molecule has 2 fully saturated rings. The van der Waals surface area contributed by atoms with Crippen molar-refractivity contribution in [1.82, 2.24) is 0 Å². The van der Waals surface area contributed by atoms with Crippen LogP contribution < -0.4 is 0 Å². The number of rotatable bonds is 1. The van der Waals surface area contributed by atoms with Crippen LogP contribution in [0.25, 0.3) is 0 Å². The van der Waals surface area contributed by atoms with Gasteiger partial charge in [0.1, 0.15) is 5.78 Å². The van der Waals surface area contributed by atoms with E-state index in [-0.39, 0.29) is 22.5 Å². The molecule has 3 aliphatic carbocycles. The molecule has 2 saturated carbocycles. The summed E-state index contributed by atoms with van der Waals surface area (Å²) in [4.78, 5) is 24.4. The first-order valence-electron chi connectivity index (χ1n) is 9.47. The van der Waals surface area contributed by atoms with Crippen LogP contribution in [0.15, 0.2) is 11.6 Å². The Morgan fingerprint density at radius 3 is 2.64 bits per heavy atom. The van der Waals surface area contributed by atoms with Gasteiger partial charge in [-0.25, -0.2) is 0 Å². The van der Waals surface area contributed by atoms with E-state index < -0.39 is 0 Å². The van der Waals surface area contributed by atoms with Crippen LogP contribution in [-0.2, 0) is 9.59 Å². The molecule has 0 saturated heterocycles. The summed E-state index contributed by atoms with van der Waals surface area (Å²) in [6.45, 7) is 8.40. The number of hydrogen-bond acceptors (Lipinski definition) is 3. The summed E-state index contributed by atoms with van der Waals surface area (Å²) in [5, 5.41) is 3.12. The Morgan fingerprint density at radius 2 is 1.96 bits per heavy atom. The summed E-state index contributed by atoms with van der Waals surface area (Å²) in [6, 6.07) is 0. The fourth-order valence-corrected chi connectivity index (χ4v) is 5.92. The maximum atomic E-state index is 12.2. The van der Waals surface area contributed by atoms with Crippen molar-refractivity contribution < 1.29 is 9.59 Å². The van der Waals surface area contributed by atoms with E-state index in [4.69, 9.17) is 0 Å². The largest absolute Gasteiger partial charge is 0.299 e. The van der Waals surface area contributed by atoms with Gasteiger partial charge in [0.2, 0.25) is 0 Å². The molecule has 0 heterocycles. The lowest BCUT2D eigenvalue weighted by atomic mass is 9.46. The van der Waals surface area contributed by atoms with E-state index in [1.54, 1.807) is 0 Å². The van der Waals surface area contributed by atoms with Crippen molar-refractivity contribution in [2.75, 3.05) is 0 Å². The van der Waals surface area contributed by atoms with Gasteiger partial charge in [0.15, 0.2) is 5.78 Å². The first kappa shape index (κ1) is 21.0. The zero-order valence-corrected chi connectivity index (χ0v) is 18.8. The Labute approximate surface area is 168 Å². The molecular formula is C21H29IO2S. The Hall–Kier alpha value is -0.280. The van der Waals surface area contributed by atoms with Crippen molar-refractivity contribution in [3.63, 3.8) is 0 Å². The average molecular weight is 472 g/mol. The molecule has 0 aromatic carbocycles. The molecule has 0 radical (unpaired) electrons. The van der Waals surface area contributed by atoms with Gasteiger partial charge >= 0.3 is 0 Å². The minimum atomic E-state index is 0.000798. The molecule has 0 N–H and O–H groups in total. The minimum Gasteiger partial charge on any atom is -0.299 e. The van der Waals surface area contributed by atoms with E-state index >= 15 is 0 Å². The van der Waals surface area contributed by atoms with Crippen molar-refractivity contribution in [2.45, 2.75) is 72.6 Å². The molecule has 0 spiro atoms. The summed E-state index contributed by atoms with van der Waals surface area (Å²) >= 11 is 2.20. The summed E-state index contributed by atoms with van der Waals surface area (Å²) < 4.78 is 0. The van der Waals surface area contributed by atoms with Crippen LogP contribution in [0.2, 0.25) is 0 Å². The van der Waals surface area contributed by atoms with Gasteiger partial charge in [0.05, 0.1) is 0 Å². The molecule has 3 rings (SSSR count). The first-order chi connectivity index (χ1) is 11.9. The Morgan fingerprint density at radius 1 is 1.24 bits per heavy atom. The monoisotopic (exact) mass is 472 g/mol. The number of allylic oxidation sites excluding steroid dienone is 2. The van der Waals surface area contributed by atoms with E-state index in [1.165, 1.54) is 14.5 Å². The van der Waals surface area contributed by atoms with Crippen LogP contribution >= 0.6 is 30.1 Å². The topological polar surface area (TPSA) is 34.1 Å². The summed E-state index contributed by atoms with van der Waals surface area (Å²) in [5.74, 6) is 4.51. The number of carbonyl (C=O) groups is 2. The molecule has 138 valence electrons. The quantitative estimate of drug-likeness (QED) is 0.340. The lowest BCUT2D eigenvalue weighted by Gasteiger charge is -2.57. The number of hydrogen-bond donors (Lipinski definition) is 0.